The first-order chi connectivity index (χ1) is 9.79. The molecule has 0 unspecified atom stereocenters. The van der Waals surface area contributed by atoms with Crippen LogP contribution >= 0.6 is 0 Å². The number of nitrogens with zero attached hydrogens (tertiary/aromatic N) is 1. The van der Waals surface area contributed by atoms with Gasteiger partial charge in [0.25, 0.3) is 0 Å². The molecule has 114 valence electrons. The Morgan fingerprint density at radius 3 is 2.48 bits per heavy atom. The lowest BCUT2D eigenvalue weighted by Crippen LogP contribution is -2.41. The van der Waals surface area contributed by atoms with Crippen LogP contribution in [0.5, 0.6) is 5.88 Å². The summed E-state index contributed by atoms with van der Waals surface area (Å²) in [5, 5.41) is 9.64. The van der Waals surface area contributed by atoms with Crippen molar-refractivity contribution in [1.29, 1.82) is 0 Å². The SMILES string of the molecule is COc1cc(C=C(CO)B2OC(C)(C)C(C)(C)O2)ccn1. The van der Waals surface area contributed by atoms with Crippen molar-refractivity contribution in [3.05, 3.63) is 29.4 Å². The largest absolute Gasteiger partial charge is 0.492 e. The van der Waals surface area contributed by atoms with Crippen LogP contribution in [0.25, 0.3) is 6.08 Å². The maximum Gasteiger partial charge on any atom is 0.492 e. The zero-order chi connectivity index (χ0) is 15.7. The molecule has 0 aromatic carbocycles. The number of hydrogen-bond acceptors (Lipinski definition) is 5. The van der Waals surface area contributed by atoms with Crippen LogP contribution in [0.1, 0.15) is 33.3 Å². The molecule has 1 aliphatic rings. The highest BCUT2D eigenvalue weighted by Crippen LogP contribution is 2.38. The molecule has 0 amide bonds. The Labute approximate surface area is 126 Å². The summed E-state index contributed by atoms with van der Waals surface area (Å²) < 4.78 is 17.0. The first kappa shape index (κ1) is 16.0. The minimum atomic E-state index is -0.556. The smallest absolute Gasteiger partial charge is 0.481 e. The number of pyridine rings is 1. The van der Waals surface area contributed by atoms with Gasteiger partial charge in [-0.1, -0.05) is 6.08 Å². The van der Waals surface area contributed by atoms with Gasteiger partial charge in [-0.25, -0.2) is 4.98 Å². The second kappa shape index (κ2) is 5.79. The molecule has 0 radical (unpaired) electrons. The average molecular weight is 291 g/mol. The molecule has 5 nitrogen and oxygen atoms in total. The van der Waals surface area contributed by atoms with Crippen molar-refractivity contribution in [2.24, 2.45) is 0 Å². The molecule has 0 saturated carbocycles. The van der Waals surface area contributed by atoms with Crippen molar-refractivity contribution in [3.63, 3.8) is 0 Å². The number of rotatable bonds is 4. The Hall–Kier alpha value is -1.37. The third kappa shape index (κ3) is 3.28. The van der Waals surface area contributed by atoms with Gasteiger partial charge in [0.15, 0.2) is 0 Å². The fourth-order valence-electron chi connectivity index (χ4n) is 2.02. The van der Waals surface area contributed by atoms with Crippen molar-refractivity contribution >= 4 is 13.2 Å². The summed E-state index contributed by atoms with van der Waals surface area (Å²) in [6.07, 6.45) is 3.50. The van der Waals surface area contributed by atoms with Gasteiger partial charge in [0, 0.05) is 12.3 Å². The zero-order valence-corrected chi connectivity index (χ0v) is 13.2. The predicted octanol–water partition coefficient (Wildman–Crippen LogP) is 2.10. The quantitative estimate of drug-likeness (QED) is 0.861. The van der Waals surface area contributed by atoms with Crippen molar-refractivity contribution < 1.29 is 19.2 Å². The van der Waals surface area contributed by atoms with Gasteiger partial charge in [-0.3, -0.25) is 0 Å². The van der Waals surface area contributed by atoms with Crippen LogP contribution in [-0.2, 0) is 9.31 Å². The minimum Gasteiger partial charge on any atom is -0.481 e. The Bertz CT molecular complexity index is 526. The van der Waals surface area contributed by atoms with E-state index >= 15 is 0 Å². The van der Waals surface area contributed by atoms with Crippen LogP contribution < -0.4 is 4.74 Å². The van der Waals surface area contributed by atoms with Crippen molar-refractivity contribution in [2.45, 2.75) is 38.9 Å². The molecule has 1 aliphatic heterocycles. The lowest BCUT2D eigenvalue weighted by atomic mass is 9.77. The fraction of sp³-hybridized carbons (Fsp3) is 0.533. The van der Waals surface area contributed by atoms with Gasteiger partial charge in [-0.05, 0) is 44.8 Å². The summed E-state index contributed by atoms with van der Waals surface area (Å²) in [5.74, 6) is 0.523. The maximum absolute atomic E-state index is 9.64. The number of ether oxygens (including phenoxy) is 1. The van der Waals surface area contributed by atoms with E-state index in [0.717, 1.165) is 5.56 Å². The van der Waals surface area contributed by atoms with Gasteiger partial charge in [0.05, 0.1) is 24.9 Å². The highest BCUT2D eigenvalue weighted by atomic mass is 16.7. The number of methoxy groups -OCH3 is 1. The van der Waals surface area contributed by atoms with E-state index in [1.54, 1.807) is 19.4 Å². The summed E-state index contributed by atoms with van der Waals surface area (Å²) >= 11 is 0. The molecule has 1 aromatic rings. The molecule has 1 fully saturated rings. The topological polar surface area (TPSA) is 60.8 Å². The normalized spacial score (nSPS) is 20.7. The summed E-state index contributed by atoms with van der Waals surface area (Å²) in [6.45, 7) is 7.80. The van der Waals surface area contributed by atoms with E-state index in [4.69, 9.17) is 14.0 Å². The van der Waals surface area contributed by atoms with Gasteiger partial charge in [0.2, 0.25) is 5.88 Å². The molecule has 2 rings (SSSR count). The van der Waals surface area contributed by atoms with E-state index in [9.17, 15) is 5.11 Å². The maximum atomic E-state index is 9.64. The van der Waals surface area contributed by atoms with E-state index < -0.39 is 18.3 Å². The molecule has 2 heterocycles. The zero-order valence-electron chi connectivity index (χ0n) is 13.2. The van der Waals surface area contributed by atoms with Crippen molar-refractivity contribution in [1.82, 2.24) is 4.98 Å². The lowest BCUT2D eigenvalue weighted by molar-refractivity contribution is 0.00578. The molecule has 0 aliphatic carbocycles. The molecule has 1 aromatic heterocycles. The van der Waals surface area contributed by atoms with E-state index in [1.807, 2.05) is 39.8 Å². The van der Waals surface area contributed by atoms with Crippen LogP contribution in [0.15, 0.2) is 23.8 Å². The van der Waals surface area contributed by atoms with Crippen LogP contribution in [0.4, 0.5) is 0 Å². The summed E-state index contributed by atoms with van der Waals surface area (Å²) in [5.41, 5.74) is 0.687. The first-order valence-electron chi connectivity index (χ1n) is 6.96. The molecule has 0 bridgehead atoms. The van der Waals surface area contributed by atoms with Crippen LogP contribution in [-0.4, -0.2) is 42.1 Å². The number of aliphatic hydroxyl groups is 1. The van der Waals surface area contributed by atoms with Gasteiger partial charge in [0.1, 0.15) is 0 Å². The average Bonchev–Trinajstić information content (AvgIpc) is 2.65. The molecule has 1 saturated heterocycles. The molecular weight excluding hydrogens is 269 g/mol. The highest BCUT2D eigenvalue weighted by molar-refractivity contribution is 6.55. The van der Waals surface area contributed by atoms with Crippen molar-refractivity contribution in [3.8, 4) is 5.88 Å². The van der Waals surface area contributed by atoms with Gasteiger partial charge in [-0.2, -0.15) is 0 Å². The van der Waals surface area contributed by atoms with E-state index in [-0.39, 0.29) is 6.61 Å². The third-order valence-electron chi connectivity index (χ3n) is 4.06. The van der Waals surface area contributed by atoms with Crippen molar-refractivity contribution in [2.75, 3.05) is 13.7 Å². The van der Waals surface area contributed by atoms with E-state index in [1.165, 1.54) is 0 Å². The van der Waals surface area contributed by atoms with E-state index in [0.29, 0.717) is 11.4 Å². The molecular formula is C15H22BNO4. The summed E-state index contributed by atoms with van der Waals surface area (Å²) in [6, 6.07) is 3.63. The monoisotopic (exact) mass is 291 g/mol. The standard InChI is InChI=1S/C15H22BNO4/c1-14(2)15(3,4)21-16(20-14)12(10-18)8-11-6-7-17-13(9-11)19-5/h6-9,18H,10H2,1-5H3. The molecule has 1 N–H and O–H groups in total. The molecule has 0 spiro atoms. The van der Waals surface area contributed by atoms with Crippen LogP contribution in [0.2, 0.25) is 0 Å². The van der Waals surface area contributed by atoms with E-state index in [2.05, 4.69) is 4.98 Å². The highest BCUT2D eigenvalue weighted by Gasteiger charge is 2.52. The Morgan fingerprint density at radius 1 is 1.33 bits per heavy atom. The molecule has 21 heavy (non-hydrogen) atoms. The summed E-state index contributed by atoms with van der Waals surface area (Å²) in [4.78, 5) is 4.06. The molecule has 6 heteroatoms. The number of aliphatic hydroxyl groups excluding tert-OH is 1. The lowest BCUT2D eigenvalue weighted by Gasteiger charge is -2.32. The van der Waals surface area contributed by atoms with Crippen LogP contribution in [0, 0.1) is 0 Å². The number of aromatic nitrogens is 1. The fourth-order valence-corrected chi connectivity index (χ4v) is 2.02. The Morgan fingerprint density at radius 2 is 1.95 bits per heavy atom. The second-order valence-corrected chi connectivity index (χ2v) is 6.10. The minimum absolute atomic E-state index is 0.137. The Kier molecular flexibility index (Phi) is 4.42. The summed E-state index contributed by atoms with van der Waals surface area (Å²) in [7, 11) is 1.01. The van der Waals surface area contributed by atoms with Crippen LogP contribution in [0.3, 0.4) is 0 Å². The third-order valence-corrected chi connectivity index (χ3v) is 4.06. The number of hydrogen-bond donors (Lipinski definition) is 1. The van der Waals surface area contributed by atoms with Gasteiger partial charge in [-0.15, -0.1) is 0 Å². The second-order valence-electron chi connectivity index (χ2n) is 6.10. The Balaban J connectivity index is 2.26. The predicted molar refractivity (Wildman–Crippen MR) is 81.9 cm³/mol. The first-order valence-corrected chi connectivity index (χ1v) is 6.96. The van der Waals surface area contributed by atoms with Gasteiger partial charge >= 0.3 is 7.12 Å². The molecule has 0 atom stereocenters. The van der Waals surface area contributed by atoms with Gasteiger partial charge < -0.3 is 19.2 Å².